The molecule has 4 saturated carbocycles. The summed E-state index contributed by atoms with van der Waals surface area (Å²) in [5, 5.41) is 3.18. The number of nitrogens with one attached hydrogen (secondary N) is 1. The van der Waals surface area contributed by atoms with Crippen LogP contribution >= 0.6 is 0 Å². The standard InChI is InChI=1S/C45H51NO7/c47-44(51-30-35-19-11-4-12-20-35)46-40-42(50-29-34-17-9-3-10-18-34)41(49-28-33-15-7-2-8-16-33)39(31-48-27-32-13-5-1-6-14-32)52-43(40)53-45-24-36-21-37(25-45)23-38(22-36)26-45/h1-20,36-43H,21-31H2,(H,46,47)/t36?,37?,38?,39-,40-,41-,42-,43-,45?/m1/s1. The molecule has 5 aliphatic rings. The van der Waals surface area contributed by atoms with Crippen LogP contribution in [0.3, 0.4) is 0 Å². The monoisotopic (exact) mass is 717 g/mol. The van der Waals surface area contributed by atoms with Gasteiger partial charge in [0.15, 0.2) is 6.29 Å². The molecule has 4 aromatic carbocycles. The second kappa shape index (κ2) is 17.0. The highest BCUT2D eigenvalue weighted by atomic mass is 16.7. The first kappa shape index (κ1) is 36.0. The maximum atomic E-state index is 13.7. The number of amides is 1. The van der Waals surface area contributed by atoms with Crippen molar-refractivity contribution in [1.29, 1.82) is 0 Å². The predicted octanol–water partition coefficient (Wildman–Crippen LogP) is 8.38. The fourth-order valence-electron chi connectivity index (χ4n) is 9.41. The zero-order valence-corrected chi connectivity index (χ0v) is 30.3. The molecule has 1 N–H and O–H groups in total. The van der Waals surface area contributed by atoms with Gasteiger partial charge in [0, 0.05) is 0 Å². The van der Waals surface area contributed by atoms with Gasteiger partial charge in [-0.2, -0.15) is 0 Å². The van der Waals surface area contributed by atoms with Gasteiger partial charge in [-0.3, -0.25) is 0 Å². The Balaban J connectivity index is 1.10. The Bertz CT molecular complexity index is 1690. The minimum Gasteiger partial charge on any atom is -0.445 e. The van der Waals surface area contributed by atoms with E-state index >= 15 is 0 Å². The maximum absolute atomic E-state index is 13.7. The van der Waals surface area contributed by atoms with Crippen LogP contribution in [0, 0.1) is 17.8 Å². The van der Waals surface area contributed by atoms with Crippen molar-refractivity contribution in [2.45, 2.75) is 101 Å². The maximum Gasteiger partial charge on any atom is 0.407 e. The third-order valence-electron chi connectivity index (χ3n) is 11.5. The zero-order chi connectivity index (χ0) is 35.9. The summed E-state index contributed by atoms with van der Waals surface area (Å²) in [4.78, 5) is 13.7. The van der Waals surface area contributed by atoms with Crippen LogP contribution < -0.4 is 5.32 Å². The van der Waals surface area contributed by atoms with Gasteiger partial charge < -0.3 is 33.7 Å². The molecule has 5 fully saturated rings. The highest BCUT2D eigenvalue weighted by molar-refractivity contribution is 5.67. The third-order valence-corrected chi connectivity index (χ3v) is 11.5. The summed E-state index contributed by atoms with van der Waals surface area (Å²) in [5.74, 6) is 2.01. The summed E-state index contributed by atoms with van der Waals surface area (Å²) in [6, 6.07) is 39.3. The fraction of sp³-hybridized carbons (Fsp3) is 0.444. The molecule has 0 spiro atoms. The Hall–Kier alpha value is -4.05. The van der Waals surface area contributed by atoms with Crippen LogP contribution in [0.1, 0.15) is 60.8 Å². The second-order valence-corrected chi connectivity index (χ2v) is 15.5. The van der Waals surface area contributed by atoms with Crippen LogP contribution in [-0.4, -0.2) is 48.9 Å². The van der Waals surface area contributed by atoms with Crippen LogP contribution in [0.25, 0.3) is 0 Å². The smallest absolute Gasteiger partial charge is 0.407 e. The van der Waals surface area contributed by atoms with E-state index in [1.54, 1.807) is 0 Å². The normalized spacial score (nSPS) is 30.2. The fourth-order valence-corrected chi connectivity index (χ4v) is 9.41. The molecule has 5 atom stereocenters. The number of carbonyl (C=O) groups is 1. The van der Waals surface area contributed by atoms with E-state index in [4.69, 9.17) is 28.4 Å². The summed E-state index contributed by atoms with van der Waals surface area (Å²) >= 11 is 0. The Morgan fingerprint density at radius 1 is 0.604 bits per heavy atom. The molecule has 1 aliphatic heterocycles. The summed E-state index contributed by atoms with van der Waals surface area (Å²) in [7, 11) is 0. The minimum absolute atomic E-state index is 0.139. The van der Waals surface area contributed by atoms with Crippen LogP contribution in [0.2, 0.25) is 0 Å². The van der Waals surface area contributed by atoms with Crippen molar-refractivity contribution in [2.24, 2.45) is 17.8 Å². The van der Waals surface area contributed by atoms with Gasteiger partial charge in [-0.25, -0.2) is 4.79 Å². The molecule has 278 valence electrons. The van der Waals surface area contributed by atoms with E-state index < -0.39 is 36.7 Å². The quantitative estimate of drug-likeness (QED) is 0.132. The van der Waals surface area contributed by atoms with Crippen LogP contribution in [0.4, 0.5) is 4.79 Å². The van der Waals surface area contributed by atoms with Crippen molar-refractivity contribution in [3.63, 3.8) is 0 Å². The molecule has 8 heteroatoms. The van der Waals surface area contributed by atoms with E-state index in [-0.39, 0.29) is 18.8 Å². The number of rotatable bonds is 15. The molecular formula is C45H51NO7. The van der Waals surface area contributed by atoms with Crippen molar-refractivity contribution >= 4 is 6.09 Å². The average molecular weight is 718 g/mol. The SMILES string of the molecule is O=C(N[C@H]1[C@@H](OC23CC4CC(CC(C4)C2)C3)O[C@H](COCc2ccccc2)[C@@H](OCc2ccccc2)[C@@H]1OCc1ccccc1)OCc1ccccc1. The zero-order valence-electron chi connectivity index (χ0n) is 30.3. The molecule has 53 heavy (non-hydrogen) atoms. The molecule has 4 bridgehead atoms. The van der Waals surface area contributed by atoms with Gasteiger partial charge >= 0.3 is 6.09 Å². The molecular weight excluding hydrogens is 666 g/mol. The highest BCUT2D eigenvalue weighted by Crippen LogP contribution is 2.57. The van der Waals surface area contributed by atoms with E-state index in [2.05, 4.69) is 17.4 Å². The van der Waals surface area contributed by atoms with E-state index in [1.165, 1.54) is 19.3 Å². The lowest BCUT2D eigenvalue weighted by molar-refractivity contribution is -0.329. The third kappa shape index (κ3) is 9.19. The molecule has 8 nitrogen and oxygen atoms in total. The van der Waals surface area contributed by atoms with E-state index in [1.807, 2.05) is 109 Å². The van der Waals surface area contributed by atoms with Gasteiger partial charge in [0.25, 0.3) is 0 Å². The lowest BCUT2D eigenvalue weighted by Crippen LogP contribution is -2.68. The minimum atomic E-state index is -0.807. The van der Waals surface area contributed by atoms with E-state index in [0.29, 0.717) is 37.6 Å². The van der Waals surface area contributed by atoms with Crippen molar-refractivity contribution in [2.75, 3.05) is 6.61 Å². The number of hydrogen-bond acceptors (Lipinski definition) is 7. The van der Waals surface area contributed by atoms with Gasteiger partial charge in [0.05, 0.1) is 32.0 Å². The molecule has 4 aliphatic carbocycles. The Morgan fingerprint density at radius 2 is 1.06 bits per heavy atom. The molecule has 1 heterocycles. The van der Waals surface area contributed by atoms with E-state index in [0.717, 1.165) is 41.5 Å². The van der Waals surface area contributed by atoms with Gasteiger partial charge in [-0.1, -0.05) is 121 Å². The molecule has 1 saturated heterocycles. The number of alkyl carbamates (subject to hydrolysis) is 1. The van der Waals surface area contributed by atoms with Crippen molar-refractivity contribution in [3.05, 3.63) is 144 Å². The van der Waals surface area contributed by atoms with Crippen LogP contribution in [-0.2, 0) is 54.8 Å². The van der Waals surface area contributed by atoms with Crippen molar-refractivity contribution < 1.29 is 33.2 Å². The number of ether oxygens (including phenoxy) is 6. The molecule has 1 amide bonds. The number of benzene rings is 4. The van der Waals surface area contributed by atoms with E-state index in [9.17, 15) is 4.79 Å². The number of hydrogen-bond donors (Lipinski definition) is 1. The Labute approximate surface area is 313 Å². The molecule has 0 unspecified atom stereocenters. The summed E-state index contributed by atoms with van der Waals surface area (Å²) in [5.41, 5.74) is 3.72. The van der Waals surface area contributed by atoms with Crippen molar-refractivity contribution in [3.8, 4) is 0 Å². The Morgan fingerprint density at radius 3 is 1.57 bits per heavy atom. The van der Waals surface area contributed by atoms with Gasteiger partial charge in [0.2, 0.25) is 0 Å². The predicted molar refractivity (Wildman–Crippen MR) is 200 cm³/mol. The molecule has 0 radical (unpaired) electrons. The number of carbonyl (C=O) groups excluding carboxylic acids is 1. The average Bonchev–Trinajstić information content (AvgIpc) is 3.18. The topological polar surface area (TPSA) is 84.5 Å². The molecule has 4 aromatic rings. The highest BCUT2D eigenvalue weighted by Gasteiger charge is 2.56. The van der Waals surface area contributed by atoms with Crippen LogP contribution in [0.5, 0.6) is 0 Å². The summed E-state index contributed by atoms with van der Waals surface area (Å²) in [6.45, 7) is 1.47. The summed E-state index contributed by atoms with van der Waals surface area (Å²) in [6.07, 6.45) is 3.75. The molecule has 9 rings (SSSR count). The summed E-state index contributed by atoms with van der Waals surface area (Å²) < 4.78 is 40.1. The largest absolute Gasteiger partial charge is 0.445 e. The molecule has 0 aromatic heterocycles. The first-order valence-corrected chi connectivity index (χ1v) is 19.3. The lowest BCUT2D eigenvalue weighted by Gasteiger charge is -2.58. The lowest BCUT2D eigenvalue weighted by atomic mass is 9.54. The van der Waals surface area contributed by atoms with Crippen LogP contribution in [0.15, 0.2) is 121 Å². The Kier molecular flexibility index (Phi) is 11.5. The van der Waals surface area contributed by atoms with Gasteiger partial charge in [-0.05, 0) is 78.5 Å². The first-order chi connectivity index (χ1) is 26.1. The second-order valence-electron chi connectivity index (χ2n) is 15.5. The van der Waals surface area contributed by atoms with Crippen molar-refractivity contribution in [1.82, 2.24) is 5.32 Å². The first-order valence-electron chi connectivity index (χ1n) is 19.3. The van der Waals surface area contributed by atoms with Gasteiger partial charge in [-0.15, -0.1) is 0 Å². The van der Waals surface area contributed by atoms with Gasteiger partial charge in [0.1, 0.15) is 31.0 Å².